The Labute approximate surface area is 282 Å². The molecule has 9 nitrogen and oxygen atoms in total. The average Bonchev–Trinajstić information content (AvgIpc) is 3.31. The van der Waals surface area contributed by atoms with Crippen LogP contribution in [0.1, 0.15) is 57.8 Å². The van der Waals surface area contributed by atoms with E-state index in [1.807, 2.05) is 11.0 Å². The number of carbonyl (C=O) groups excluding carboxylic acids is 1. The highest BCUT2D eigenvalue weighted by molar-refractivity contribution is 5.89. The van der Waals surface area contributed by atoms with Crippen LogP contribution in [0.3, 0.4) is 0 Å². The van der Waals surface area contributed by atoms with Crippen molar-refractivity contribution in [3.8, 4) is 28.0 Å². The average molecular weight is 701 g/mol. The number of amides is 1. The Morgan fingerprint density at radius 2 is 1.64 bits per heavy atom. The fourth-order valence-electron chi connectivity index (χ4n) is 6.09. The van der Waals surface area contributed by atoms with Gasteiger partial charge in [0, 0.05) is 30.4 Å². The summed E-state index contributed by atoms with van der Waals surface area (Å²) in [6.45, 7) is 4.43. The van der Waals surface area contributed by atoms with Gasteiger partial charge in [-0.15, -0.1) is 0 Å². The summed E-state index contributed by atoms with van der Waals surface area (Å²) < 4.78 is 92.9. The zero-order chi connectivity index (χ0) is 36.1. The minimum absolute atomic E-state index is 0.0245. The van der Waals surface area contributed by atoms with Crippen molar-refractivity contribution in [3.05, 3.63) is 94.3 Å². The van der Waals surface area contributed by atoms with Crippen molar-refractivity contribution >= 4 is 18.0 Å². The number of aromatic carboxylic acids is 1. The Balaban J connectivity index is 1.40. The summed E-state index contributed by atoms with van der Waals surface area (Å²) in [6.07, 6.45) is -10.0. The van der Waals surface area contributed by atoms with Crippen molar-refractivity contribution in [3.63, 3.8) is 0 Å². The fourth-order valence-corrected chi connectivity index (χ4v) is 6.09. The van der Waals surface area contributed by atoms with Gasteiger partial charge in [-0.1, -0.05) is 12.1 Å². The molecule has 2 aliphatic rings. The molecule has 1 amide bonds. The molecule has 6 rings (SSSR count). The van der Waals surface area contributed by atoms with E-state index in [4.69, 9.17) is 14.5 Å². The van der Waals surface area contributed by atoms with Crippen LogP contribution in [0.4, 0.5) is 37.1 Å². The number of carbonyl (C=O) groups is 2. The normalized spacial score (nSPS) is 17.8. The van der Waals surface area contributed by atoms with Gasteiger partial charge in [0.15, 0.2) is 0 Å². The third-order valence-corrected chi connectivity index (χ3v) is 8.92. The zero-order valence-corrected chi connectivity index (χ0v) is 26.9. The van der Waals surface area contributed by atoms with Gasteiger partial charge in [0.05, 0.1) is 42.1 Å². The summed E-state index contributed by atoms with van der Waals surface area (Å²) in [7, 11) is 1.47. The second kappa shape index (κ2) is 12.8. The number of rotatable bonds is 8. The molecular weight excluding hydrogens is 670 g/mol. The van der Waals surface area contributed by atoms with Gasteiger partial charge in [0.1, 0.15) is 11.9 Å². The lowest BCUT2D eigenvalue weighted by Crippen LogP contribution is -2.39. The Hall–Kier alpha value is -5.34. The minimum atomic E-state index is -5.07. The van der Waals surface area contributed by atoms with E-state index in [-0.39, 0.29) is 18.2 Å². The molecule has 262 valence electrons. The number of alkyl halides is 6. The molecule has 1 N–H and O–H groups in total. The summed E-state index contributed by atoms with van der Waals surface area (Å²) in [5, 5.41) is 9.41. The number of cyclic esters (lactones) is 1. The number of benzene rings is 3. The second-order valence-electron chi connectivity index (χ2n) is 12.1. The number of hydrogen-bond acceptors (Lipinski definition) is 7. The molecule has 4 aromatic rings. The maximum atomic E-state index is 13.6. The number of anilines is 1. The van der Waals surface area contributed by atoms with Crippen LogP contribution >= 0.6 is 0 Å². The number of aryl methyl sites for hydroxylation is 1. The lowest BCUT2D eigenvalue weighted by atomic mass is 9.94. The first-order valence-corrected chi connectivity index (χ1v) is 15.5. The van der Waals surface area contributed by atoms with Gasteiger partial charge in [-0.3, -0.25) is 4.90 Å². The fraction of sp³-hybridized carbons (Fsp3) is 0.314. The molecule has 0 spiro atoms. The van der Waals surface area contributed by atoms with Crippen molar-refractivity contribution < 1.29 is 50.5 Å². The summed E-state index contributed by atoms with van der Waals surface area (Å²) in [4.78, 5) is 37.2. The van der Waals surface area contributed by atoms with E-state index in [0.29, 0.717) is 64.9 Å². The summed E-state index contributed by atoms with van der Waals surface area (Å²) in [5.41, 5.74) is 0.136. The van der Waals surface area contributed by atoms with Crippen LogP contribution in [0.25, 0.3) is 22.3 Å². The molecule has 0 aliphatic carbocycles. The van der Waals surface area contributed by atoms with E-state index < -0.39 is 53.3 Å². The summed E-state index contributed by atoms with van der Waals surface area (Å²) in [6, 6.07) is 10.2. The van der Waals surface area contributed by atoms with Crippen molar-refractivity contribution in [1.82, 2.24) is 14.9 Å². The smallest absolute Gasteiger partial charge is 0.416 e. The topological polar surface area (TPSA) is 105 Å². The monoisotopic (exact) mass is 700 g/mol. The number of carboxylic acid groups (broad SMARTS) is 1. The highest BCUT2D eigenvalue weighted by Gasteiger charge is 2.43. The molecule has 0 saturated carbocycles. The molecule has 0 radical (unpaired) electrons. The molecule has 15 heteroatoms. The maximum Gasteiger partial charge on any atom is 0.416 e. The maximum absolute atomic E-state index is 13.6. The van der Waals surface area contributed by atoms with Crippen molar-refractivity contribution in [1.29, 1.82) is 0 Å². The number of halogens is 6. The molecule has 3 aromatic carbocycles. The highest BCUT2D eigenvalue weighted by Crippen LogP contribution is 2.42. The number of nitrogens with zero attached hydrogens (tertiary/aromatic N) is 4. The first-order chi connectivity index (χ1) is 23.5. The van der Waals surface area contributed by atoms with E-state index in [1.165, 1.54) is 25.0 Å². The van der Waals surface area contributed by atoms with E-state index in [1.54, 1.807) is 37.4 Å². The van der Waals surface area contributed by atoms with Crippen LogP contribution in [-0.4, -0.2) is 58.3 Å². The minimum Gasteiger partial charge on any atom is -0.496 e. The van der Waals surface area contributed by atoms with Gasteiger partial charge >= 0.3 is 24.4 Å². The summed E-state index contributed by atoms with van der Waals surface area (Å²) >= 11 is 0. The van der Waals surface area contributed by atoms with Crippen molar-refractivity contribution in [2.24, 2.45) is 0 Å². The quantitative estimate of drug-likeness (QED) is 0.184. The third-order valence-electron chi connectivity index (χ3n) is 8.92. The number of methoxy groups -OCH3 is 1. The largest absolute Gasteiger partial charge is 0.496 e. The van der Waals surface area contributed by atoms with Gasteiger partial charge < -0.3 is 19.5 Å². The molecule has 2 atom stereocenters. The van der Waals surface area contributed by atoms with Gasteiger partial charge in [-0.05, 0) is 85.0 Å². The molecule has 0 bridgehead atoms. The Morgan fingerprint density at radius 3 is 2.20 bits per heavy atom. The Kier molecular flexibility index (Phi) is 8.87. The molecule has 2 saturated heterocycles. The van der Waals surface area contributed by atoms with Gasteiger partial charge in [0.2, 0.25) is 5.95 Å². The van der Waals surface area contributed by atoms with Crippen LogP contribution in [-0.2, 0) is 23.6 Å². The highest BCUT2D eigenvalue weighted by atomic mass is 19.4. The lowest BCUT2D eigenvalue weighted by molar-refractivity contribution is -0.143. The third kappa shape index (κ3) is 6.63. The van der Waals surface area contributed by atoms with Crippen LogP contribution in [0.5, 0.6) is 5.75 Å². The molecule has 3 heterocycles. The number of carboxylic acids is 1. The number of ether oxygens (including phenoxy) is 2. The molecule has 1 aromatic heterocycles. The number of aromatic nitrogens is 2. The van der Waals surface area contributed by atoms with Crippen LogP contribution in [0.15, 0.2) is 60.8 Å². The standard InChI is InChI=1S/C35H30F6N4O5/c1-18-11-21(31(46)47)5-7-25(18)20-6-8-29(49-3)26(14-20)27-16-42-32(44-9-4-10-44)43-28(27)17-45-19(2)30(50-33(45)48)22-12-23(34(36,37)38)15-24(13-22)35(39,40)41/h5-8,11-16,19,30H,4,9-10,17H2,1-3H3,(H,46,47)/t19-,30-/m0/s1. The van der Waals surface area contributed by atoms with E-state index in [2.05, 4.69) is 4.98 Å². The summed E-state index contributed by atoms with van der Waals surface area (Å²) in [5.74, 6) is -0.256. The molecule has 0 unspecified atom stereocenters. The SMILES string of the molecule is COc1ccc(-c2ccc(C(=O)O)cc2C)cc1-c1cnc(N2CCC2)nc1CN1C(=O)O[C@H](c2cc(C(F)(F)F)cc(C(F)(F)F)c2)[C@@H]1C. The molecular formula is C35H30F6N4O5. The van der Waals surface area contributed by atoms with Gasteiger partial charge in [-0.25, -0.2) is 19.6 Å². The van der Waals surface area contributed by atoms with Crippen molar-refractivity contribution in [2.45, 2.75) is 51.3 Å². The van der Waals surface area contributed by atoms with Crippen LogP contribution in [0, 0.1) is 6.92 Å². The first kappa shape index (κ1) is 34.5. The lowest BCUT2D eigenvalue weighted by Gasteiger charge is -2.31. The predicted molar refractivity (Wildman–Crippen MR) is 169 cm³/mol. The second-order valence-corrected chi connectivity index (χ2v) is 12.1. The molecule has 2 fully saturated rings. The van der Waals surface area contributed by atoms with Crippen molar-refractivity contribution in [2.75, 3.05) is 25.1 Å². The Morgan fingerprint density at radius 1 is 0.960 bits per heavy atom. The zero-order valence-electron chi connectivity index (χ0n) is 26.9. The van der Waals surface area contributed by atoms with Crippen LogP contribution < -0.4 is 9.64 Å². The van der Waals surface area contributed by atoms with E-state index in [9.17, 15) is 41.0 Å². The number of hydrogen-bond donors (Lipinski definition) is 1. The predicted octanol–water partition coefficient (Wildman–Crippen LogP) is 8.16. The van der Waals surface area contributed by atoms with E-state index in [0.717, 1.165) is 12.0 Å². The molecule has 2 aliphatic heterocycles. The van der Waals surface area contributed by atoms with E-state index >= 15 is 0 Å². The van der Waals surface area contributed by atoms with Gasteiger partial charge in [-0.2, -0.15) is 26.3 Å². The van der Waals surface area contributed by atoms with Crippen LogP contribution in [0.2, 0.25) is 0 Å². The molecule has 50 heavy (non-hydrogen) atoms. The Bertz CT molecular complexity index is 1950. The van der Waals surface area contributed by atoms with Gasteiger partial charge in [0.25, 0.3) is 0 Å². The first-order valence-electron chi connectivity index (χ1n) is 15.5.